The summed E-state index contributed by atoms with van der Waals surface area (Å²) >= 11 is 0. The molecule has 0 spiro atoms. The third-order valence-electron chi connectivity index (χ3n) is 3.69. The minimum atomic E-state index is -1.08. The van der Waals surface area contributed by atoms with Crippen molar-refractivity contribution in [2.75, 3.05) is 7.11 Å². The summed E-state index contributed by atoms with van der Waals surface area (Å²) < 4.78 is 18.5. The number of ether oxygens (including phenoxy) is 1. The van der Waals surface area contributed by atoms with Crippen LogP contribution in [0.3, 0.4) is 0 Å². The Balaban J connectivity index is 2.96. The second-order valence-corrected chi connectivity index (χ2v) is 5.90. The summed E-state index contributed by atoms with van der Waals surface area (Å²) in [6, 6.07) is 5.76. The van der Waals surface area contributed by atoms with Gasteiger partial charge in [-0.2, -0.15) is 5.26 Å². The van der Waals surface area contributed by atoms with Gasteiger partial charge >= 0.3 is 5.97 Å². The van der Waals surface area contributed by atoms with Crippen molar-refractivity contribution in [3.63, 3.8) is 0 Å². The van der Waals surface area contributed by atoms with Gasteiger partial charge in [-0.3, -0.25) is 9.59 Å². The molecule has 0 aliphatic heterocycles. The van der Waals surface area contributed by atoms with Crippen molar-refractivity contribution in [3.05, 3.63) is 35.6 Å². The minimum absolute atomic E-state index is 0.0569. The van der Waals surface area contributed by atoms with Crippen molar-refractivity contribution in [2.45, 2.75) is 38.8 Å². The maximum absolute atomic E-state index is 13.9. The number of carbonyl (C=O) groups is 3. The molecule has 1 rings (SSSR count). The quantitative estimate of drug-likeness (QED) is 0.672. The first kappa shape index (κ1) is 21.1. The third-order valence-corrected chi connectivity index (χ3v) is 3.69. The van der Waals surface area contributed by atoms with E-state index >= 15 is 0 Å². The third kappa shape index (κ3) is 6.51. The Kier molecular flexibility index (Phi) is 8.22. The van der Waals surface area contributed by atoms with Crippen LogP contribution in [0.15, 0.2) is 24.3 Å². The number of nitrogens with one attached hydrogen (secondary N) is 2. The summed E-state index contributed by atoms with van der Waals surface area (Å²) in [4.78, 5) is 35.8. The van der Waals surface area contributed by atoms with Crippen LogP contribution in [-0.4, -0.2) is 37.0 Å². The molecule has 3 atom stereocenters. The van der Waals surface area contributed by atoms with E-state index in [1.807, 2.05) is 6.07 Å². The molecule has 0 saturated carbocycles. The average molecular weight is 363 g/mol. The number of carbonyl (C=O) groups excluding carboxylic acids is 3. The van der Waals surface area contributed by atoms with E-state index < -0.39 is 41.6 Å². The molecule has 0 fully saturated rings. The molecule has 2 amide bonds. The molecule has 0 aromatic heterocycles. The van der Waals surface area contributed by atoms with Crippen LogP contribution in [0.1, 0.15) is 25.8 Å². The zero-order valence-electron chi connectivity index (χ0n) is 14.9. The van der Waals surface area contributed by atoms with Crippen molar-refractivity contribution >= 4 is 17.8 Å². The normalized spacial score (nSPS) is 13.7. The standard InChI is InChI=1S/C18H22FN3O4/c1-11(10-20)8-16(18(25)26-3)22-17(24)15(21-12(2)23)9-13-6-4-5-7-14(13)19/h4-7,11,15-16H,8-9H2,1-3H3,(H,21,23)(H,22,24)/t11-,15+,16-/m1/s1. The summed E-state index contributed by atoms with van der Waals surface area (Å²) in [6.45, 7) is 2.84. The van der Waals surface area contributed by atoms with Crippen LogP contribution >= 0.6 is 0 Å². The number of halogens is 1. The highest BCUT2D eigenvalue weighted by Gasteiger charge is 2.28. The van der Waals surface area contributed by atoms with Crippen LogP contribution in [0.2, 0.25) is 0 Å². The van der Waals surface area contributed by atoms with E-state index in [2.05, 4.69) is 15.4 Å². The maximum atomic E-state index is 13.9. The van der Waals surface area contributed by atoms with Crippen molar-refractivity contribution in [2.24, 2.45) is 5.92 Å². The number of rotatable bonds is 8. The highest BCUT2D eigenvalue weighted by Crippen LogP contribution is 2.11. The molecule has 0 unspecified atom stereocenters. The molecule has 1 aromatic rings. The smallest absolute Gasteiger partial charge is 0.328 e. The Morgan fingerprint density at radius 1 is 1.23 bits per heavy atom. The highest BCUT2D eigenvalue weighted by molar-refractivity contribution is 5.90. The lowest BCUT2D eigenvalue weighted by molar-refractivity contribution is -0.145. The zero-order valence-corrected chi connectivity index (χ0v) is 14.9. The van der Waals surface area contributed by atoms with Gasteiger partial charge in [0.1, 0.15) is 17.9 Å². The van der Waals surface area contributed by atoms with Crippen LogP contribution in [0.25, 0.3) is 0 Å². The number of nitriles is 1. The molecule has 0 radical (unpaired) electrons. The monoisotopic (exact) mass is 363 g/mol. The van der Waals surface area contributed by atoms with Gasteiger partial charge < -0.3 is 15.4 Å². The Labute approximate surface area is 151 Å². The first-order valence-electron chi connectivity index (χ1n) is 8.06. The van der Waals surface area contributed by atoms with Crippen LogP contribution in [0, 0.1) is 23.1 Å². The topological polar surface area (TPSA) is 108 Å². The van der Waals surface area contributed by atoms with Crippen LogP contribution in [0.4, 0.5) is 4.39 Å². The fourth-order valence-corrected chi connectivity index (χ4v) is 2.37. The molecule has 1 aromatic carbocycles. The molecule has 8 heteroatoms. The molecule has 0 saturated heterocycles. The number of amides is 2. The second kappa shape index (κ2) is 10.1. The van der Waals surface area contributed by atoms with Crippen LogP contribution in [0.5, 0.6) is 0 Å². The fraction of sp³-hybridized carbons (Fsp3) is 0.444. The molecule has 0 aliphatic rings. The summed E-state index contributed by atoms with van der Waals surface area (Å²) in [5, 5.41) is 13.8. The van der Waals surface area contributed by atoms with E-state index in [0.717, 1.165) is 0 Å². The largest absolute Gasteiger partial charge is 0.467 e. The van der Waals surface area contributed by atoms with Gasteiger partial charge in [-0.25, -0.2) is 9.18 Å². The molecule has 0 bridgehead atoms. The van der Waals surface area contributed by atoms with E-state index in [0.29, 0.717) is 0 Å². The maximum Gasteiger partial charge on any atom is 0.328 e. The molecular weight excluding hydrogens is 341 g/mol. The van der Waals surface area contributed by atoms with E-state index in [-0.39, 0.29) is 18.4 Å². The van der Waals surface area contributed by atoms with E-state index in [1.54, 1.807) is 13.0 Å². The summed E-state index contributed by atoms with van der Waals surface area (Å²) in [7, 11) is 1.17. The Bertz CT molecular complexity index is 702. The van der Waals surface area contributed by atoms with Crippen molar-refractivity contribution in [1.82, 2.24) is 10.6 Å². The van der Waals surface area contributed by atoms with Gasteiger partial charge in [0.25, 0.3) is 0 Å². The predicted octanol–water partition coefficient (Wildman–Crippen LogP) is 1.08. The van der Waals surface area contributed by atoms with Gasteiger partial charge in [0.05, 0.1) is 13.2 Å². The van der Waals surface area contributed by atoms with E-state index in [4.69, 9.17) is 5.26 Å². The lowest BCUT2D eigenvalue weighted by Gasteiger charge is -2.22. The van der Waals surface area contributed by atoms with Gasteiger partial charge in [0.2, 0.25) is 11.8 Å². The Morgan fingerprint density at radius 2 is 1.88 bits per heavy atom. The number of hydrogen-bond donors (Lipinski definition) is 2. The van der Waals surface area contributed by atoms with Gasteiger partial charge in [0, 0.05) is 19.3 Å². The number of nitrogens with zero attached hydrogens (tertiary/aromatic N) is 1. The fourth-order valence-electron chi connectivity index (χ4n) is 2.37. The molecule has 0 heterocycles. The van der Waals surface area contributed by atoms with E-state index in [9.17, 15) is 18.8 Å². The van der Waals surface area contributed by atoms with Gasteiger partial charge in [-0.05, 0) is 25.0 Å². The van der Waals surface area contributed by atoms with E-state index in [1.165, 1.54) is 32.2 Å². The van der Waals surface area contributed by atoms with Crippen LogP contribution in [-0.2, 0) is 25.5 Å². The number of esters is 1. The van der Waals surface area contributed by atoms with Crippen molar-refractivity contribution in [3.8, 4) is 6.07 Å². The van der Waals surface area contributed by atoms with Gasteiger partial charge in [0.15, 0.2) is 0 Å². The molecular formula is C18H22FN3O4. The Morgan fingerprint density at radius 3 is 2.42 bits per heavy atom. The first-order valence-corrected chi connectivity index (χ1v) is 8.06. The van der Waals surface area contributed by atoms with Crippen molar-refractivity contribution in [1.29, 1.82) is 5.26 Å². The molecule has 140 valence electrons. The summed E-state index contributed by atoms with van der Waals surface area (Å²) in [6.07, 6.45) is -0.0266. The molecule has 7 nitrogen and oxygen atoms in total. The SMILES string of the molecule is COC(=O)[C@@H](C[C@@H](C)C#N)NC(=O)[C@H](Cc1ccccc1F)NC(C)=O. The number of benzene rings is 1. The average Bonchev–Trinajstić information content (AvgIpc) is 2.60. The number of hydrogen-bond acceptors (Lipinski definition) is 5. The molecule has 2 N–H and O–H groups in total. The predicted molar refractivity (Wildman–Crippen MR) is 91.0 cm³/mol. The lowest BCUT2D eigenvalue weighted by Crippen LogP contribution is -2.52. The zero-order chi connectivity index (χ0) is 19.7. The summed E-state index contributed by atoms with van der Waals surface area (Å²) in [5.74, 6) is -2.83. The minimum Gasteiger partial charge on any atom is -0.467 e. The highest BCUT2D eigenvalue weighted by atomic mass is 19.1. The van der Waals surface area contributed by atoms with Gasteiger partial charge in [-0.1, -0.05) is 18.2 Å². The lowest BCUT2D eigenvalue weighted by atomic mass is 10.0. The van der Waals surface area contributed by atoms with Crippen LogP contribution < -0.4 is 10.6 Å². The number of methoxy groups -OCH3 is 1. The first-order chi connectivity index (χ1) is 12.3. The second-order valence-electron chi connectivity index (χ2n) is 5.90. The summed E-state index contributed by atoms with van der Waals surface area (Å²) in [5.41, 5.74) is 0.251. The Hall–Kier alpha value is -2.95. The van der Waals surface area contributed by atoms with Crippen molar-refractivity contribution < 1.29 is 23.5 Å². The molecule has 26 heavy (non-hydrogen) atoms. The van der Waals surface area contributed by atoms with Gasteiger partial charge in [-0.15, -0.1) is 0 Å². The molecule has 0 aliphatic carbocycles.